The lowest BCUT2D eigenvalue weighted by molar-refractivity contribution is 0.367. The van der Waals surface area contributed by atoms with Gasteiger partial charge in [-0.1, -0.05) is 25.1 Å². The molecule has 2 heterocycles. The lowest BCUT2D eigenvalue weighted by Crippen LogP contribution is -2.36. The molecule has 0 bridgehead atoms. The topological polar surface area (TPSA) is 15.3 Å². The molecule has 94 valence electrons. The number of hydrogen-bond donors (Lipinski definition) is 1. The number of nitrogens with zero attached hydrogens (tertiary/aromatic N) is 1. The maximum atomic E-state index is 3.48. The van der Waals surface area contributed by atoms with Crippen LogP contribution in [0.25, 0.3) is 0 Å². The molecule has 0 amide bonds. The summed E-state index contributed by atoms with van der Waals surface area (Å²) < 4.78 is 0. The SMILES string of the molecule is CC1(CN2CCc3ccccc32)CCNC1.Cl. The van der Waals surface area contributed by atoms with E-state index in [9.17, 15) is 0 Å². The molecule has 3 heteroatoms. The molecule has 0 saturated carbocycles. The zero-order chi connectivity index (χ0) is 11.0. The number of hydrogen-bond acceptors (Lipinski definition) is 2. The predicted octanol–water partition coefficient (Wildman–Crippen LogP) is 2.47. The minimum absolute atomic E-state index is 0. The van der Waals surface area contributed by atoms with Crippen molar-refractivity contribution in [2.75, 3.05) is 31.1 Å². The monoisotopic (exact) mass is 252 g/mol. The van der Waals surface area contributed by atoms with Crippen molar-refractivity contribution in [1.29, 1.82) is 0 Å². The van der Waals surface area contributed by atoms with Gasteiger partial charge in [-0.25, -0.2) is 0 Å². The largest absolute Gasteiger partial charge is 0.370 e. The predicted molar refractivity (Wildman–Crippen MR) is 75.2 cm³/mol. The highest BCUT2D eigenvalue weighted by Gasteiger charge is 2.32. The van der Waals surface area contributed by atoms with Crippen molar-refractivity contribution in [2.24, 2.45) is 5.41 Å². The number of nitrogens with one attached hydrogen (secondary N) is 1. The van der Waals surface area contributed by atoms with Gasteiger partial charge < -0.3 is 10.2 Å². The van der Waals surface area contributed by atoms with Crippen LogP contribution in [0.15, 0.2) is 24.3 Å². The number of para-hydroxylation sites is 1. The van der Waals surface area contributed by atoms with Crippen LogP contribution in [0.2, 0.25) is 0 Å². The zero-order valence-corrected chi connectivity index (χ0v) is 11.2. The Kier molecular flexibility index (Phi) is 3.64. The number of fused-ring (bicyclic) bond motifs is 1. The standard InChI is InChI=1S/C14H20N2.ClH/c1-14(7-8-15-10-14)11-16-9-6-12-4-2-3-5-13(12)16;/h2-5,15H,6-11H2,1H3;1H. The first-order valence-electron chi connectivity index (χ1n) is 6.30. The van der Waals surface area contributed by atoms with Crippen LogP contribution in [0.5, 0.6) is 0 Å². The molecule has 1 aromatic rings. The highest BCUT2D eigenvalue weighted by atomic mass is 35.5. The molecule has 1 unspecified atom stereocenters. The van der Waals surface area contributed by atoms with Crippen molar-refractivity contribution in [3.05, 3.63) is 29.8 Å². The van der Waals surface area contributed by atoms with E-state index in [1.165, 1.54) is 50.3 Å². The van der Waals surface area contributed by atoms with Crippen molar-refractivity contribution in [3.8, 4) is 0 Å². The summed E-state index contributed by atoms with van der Waals surface area (Å²) in [6.07, 6.45) is 2.53. The van der Waals surface area contributed by atoms with Crippen LogP contribution in [0.4, 0.5) is 5.69 Å². The van der Waals surface area contributed by atoms with Crippen molar-refractivity contribution < 1.29 is 0 Å². The van der Waals surface area contributed by atoms with Crippen LogP contribution < -0.4 is 10.2 Å². The molecule has 2 nitrogen and oxygen atoms in total. The summed E-state index contributed by atoms with van der Waals surface area (Å²) in [5.41, 5.74) is 3.46. The number of anilines is 1. The van der Waals surface area contributed by atoms with Gasteiger partial charge in [-0.15, -0.1) is 12.4 Å². The van der Waals surface area contributed by atoms with E-state index in [0.29, 0.717) is 5.41 Å². The molecular formula is C14H21ClN2. The van der Waals surface area contributed by atoms with Gasteiger partial charge >= 0.3 is 0 Å². The fraction of sp³-hybridized carbons (Fsp3) is 0.571. The van der Waals surface area contributed by atoms with Crippen LogP contribution in [-0.2, 0) is 6.42 Å². The Morgan fingerprint density at radius 1 is 1.35 bits per heavy atom. The van der Waals surface area contributed by atoms with Gasteiger partial charge in [0.15, 0.2) is 0 Å². The van der Waals surface area contributed by atoms with Crippen LogP contribution in [0.1, 0.15) is 18.9 Å². The van der Waals surface area contributed by atoms with Crippen LogP contribution >= 0.6 is 12.4 Å². The van der Waals surface area contributed by atoms with E-state index < -0.39 is 0 Å². The van der Waals surface area contributed by atoms with Gasteiger partial charge in [0.25, 0.3) is 0 Å². The van der Waals surface area contributed by atoms with Crippen molar-refractivity contribution in [2.45, 2.75) is 19.8 Å². The first kappa shape index (κ1) is 12.7. The average Bonchev–Trinajstić information content (AvgIpc) is 2.87. The summed E-state index contributed by atoms with van der Waals surface area (Å²) in [7, 11) is 0. The molecule has 17 heavy (non-hydrogen) atoms. The highest BCUT2D eigenvalue weighted by molar-refractivity contribution is 5.85. The lowest BCUT2D eigenvalue weighted by Gasteiger charge is -2.30. The van der Waals surface area contributed by atoms with Crippen molar-refractivity contribution in [1.82, 2.24) is 5.32 Å². The highest BCUT2D eigenvalue weighted by Crippen LogP contribution is 2.33. The summed E-state index contributed by atoms with van der Waals surface area (Å²) in [6.45, 7) is 7.18. The van der Waals surface area contributed by atoms with Gasteiger partial charge in [-0.2, -0.15) is 0 Å². The second-order valence-electron chi connectivity index (χ2n) is 5.54. The smallest absolute Gasteiger partial charge is 0.0399 e. The van der Waals surface area contributed by atoms with Gasteiger partial charge in [-0.3, -0.25) is 0 Å². The van der Waals surface area contributed by atoms with Crippen LogP contribution in [-0.4, -0.2) is 26.2 Å². The fourth-order valence-corrected chi connectivity index (χ4v) is 3.04. The number of halogens is 1. The van der Waals surface area contributed by atoms with E-state index in [2.05, 4.69) is 41.4 Å². The van der Waals surface area contributed by atoms with Crippen molar-refractivity contribution in [3.63, 3.8) is 0 Å². The molecule has 1 N–H and O–H groups in total. The fourth-order valence-electron chi connectivity index (χ4n) is 3.04. The van der Waals surface area contributed by atoms with Gasteiger partial charge in [-0.05, 0) is 36.4 Å². The molecule has 2 aliphatic heterocycles. The third-order valence-electron chi connectivity index (χ3n) is 4.01. The Balaban J connectivity index is 0.00000108. The van der Waals surface area contributed by atoms with Crippen LogP contribution in [0.3, 0.4) is 0 Å². The van der Waals surface area contributed by atoms with Gasteiger partial charge in [0.2, 0.25) is 0 Å². The third kappa shape index (κ3) is 2.43. The summed E-state index contributed by atoms with van der Waals surface area (Å²) >= 11 is 0. The van der Waals surface area contributed by atoms with E-state index in [1.807, 2.05) is 0 Å². The van der Waals surface area contributed by atoms with E-state index in [4.69, 9.17) is 0 Å². The molecule has 1 aromatic carbocycles. The molecule has 0 aliphatic carbocycles. The quantitative estimate of drug-likeness (QED) is 0.870. The molecule has 0 spiro atoms. The molecule has 0 aromatic heterocycles. The second kappa shape index (κ2) is 4.87. The average molecular weight is 253 g/mol. The molecular weight excluding hydrogens is 232 g/mol. The summed E-state index contributed by atoms with van der Waals surface area (Å²) in [4.78, 5) is 2.57. The normalized spacial score (nSPS) is 26.8. The van der Waals surface area contributed by atoms with E-state index >= 15 is 0 Å². The summed E-state index contributed by atoms with van der Waals surface area (Å²) in [6, 6.07) is 8.85. The third-order valence-corrected chi connectivity index (χ3v) is 4.01. The molecule has 1 fully saturated rings. The summed E-state index contributed by atoms with van der Waals surface area (Å²) in [5.74, 6) is 0. The first-order valence-corrected chi connectivity index (χ1v) is 6.30. The lowest BCUT2D eigenvalue weighted by atomic mass is 9.89. The molecule has 1 saturated heterocycles. The number of rotatable bonds is 2. The Labute approximate surface area is 110 Å². The van der Waals surface area contributed by atoms with E-state index in [-0.39, 0.29) is 12.4 Å². The van der Waals surface area contributed by atoms with E-state index in [0.717, 1.165) is 0 Å². The zero-order valence-electron chi connectivity index (χ0n) is 10.4. The Morgan fingerprint density at radius 2 is 2.18 bits per heavy atom. The molecule has 0 radical (unpaired) electrons. The van der Waals surface area contributed by atoms with Gasteiger partial charge in [0.05, 0.1) is 0 Å². The Bertz CT molecular complexity index is 386. The van der Waals surface area contributed by atoms with Gasteiger partial charge in [0, 0.05) is 25.3 Å². The minimum atomic E-state index is 0. The molecule has 2 aliphatic rings. The Hall–Kier alpha value is -0.730. The van der Waals surface area contributed by atoms with E-state index in [1.54, 1.807) is 0 Å². The minimum Gasteiger partial charge on any atom is -0.370 e. The summed E-state index contributed by atoms with van der Waals surface area (Å²) in [5, 5.41) is 3.48. The maximum Gasteiger partial charge on any atom is 0.0399 e. The van der Waals surface area contributed by atoms with Crippen LogP contribution in [0, 0.1) is 5.41 Å². The molecule has 1 atom stereocenters. The maximum absolute atomic E-state index is 3.48. The Morgan fingerprint density at radius 3 is 2.94 bits per heavy atom. The van der Waals surface area contributed by atoms with Crippen molar-refractivity contribution >= 4 is 18.1 Å². The molecule has 3 rings (SSSR count). The first-order chi connectivity index (χ1) is 7.77. The number of benzene rings is 1. The van der Waals surface area contributed by atoms with Gasteiger partial charge in [0.1, 0.15) is 0 Å². The second-order valence-corrected chi connectivity index (χ2v) is 5.54.